The third-order valence-corrected chi connectivity index (χ3v) is 5.60. The van der Waals surface area contributed by atoms with Crippen LogP contribution in [0.15, 0.2) is 36.7 Å². The van der Waals surface area contributed by atoms with Crippen molar-refractivity contribution in [3.05, 3.63) is 48.0 Å². The molecule has 1 N–H and O–H groups in total. The molecule has 2 saturated heterocycles. The van der Waals surface area contributed by atoms with Crippen LogP contribution < -0.4 is 10.2 Å². The van der Waals surface area contributed by atoms with Crippen LogP contribution in [0.5, 0.6) is 0 Å². The second-order valence-electron chi connectivity index (χ2n) is 7.21. The van der Waals surface area contributed by atoms with E-state index in [1.807, 2.05) is 18.2 Å². The maximum atomic E-state index is 13.4. The molecule has 2 aromatic rings. The van der Waals surface area contributed by atoms with Gasteiger partial charge in [0.15, 0.2) is 0 Å². The molecule has 6 heteroatoms. The fourth-order valence-corrected chi connectivity index (χ4v) is 3.96. The Morgan fingerprint density at radius 1 is 1.08 bits per heavy atom. The van der Waals surface area contributed by atoms with Gasteiger partial charge < -0.3 is 15.0 Å². The van der Waals surface area contributed by atoms with E-state index in [0.29, 0.717) is 0 Å². The molecule has 0 atom stereocenters. The molecule has 1 aromatic carbocycles. The first-order chi connectivity index (χ1) is 12.8. The lowest BCUT2D eigenvalue weighted by Crippen LogP contribution is -2.40. The average molecular weight is 356 g/mol. The van der Waals surface area contributed by atoms with Crippen LogP contribution in [0.3, 0.4) is 0 Å². The Balaban J connectivity index is 1.51. The second-order valence-corrected chi connectivity index (χ2v) is 7.21. The smallest absolute Gasteiger partial charge is 0.134 e. The van der Waals surface area contributed by atoms with Gasteiger partial charge in [-0.1, -0.05) is 12.1 Å². The normalized spacial score (nSPS) is 19.5. The fraction of sp³-hybridized carbons (Fsp3) is 0.500. The molecule has 2 aliphatic heterocycles. The van der Waals surface area contributed by atoms with Gasteiger partial charge in [-0.15, -0.1) is 0 Å². The van der Waals surface area contributed by atoms with Crippen LogP contribution in [0.1, 0.15) is 31.2 Å². The van der Waals surface area contributed by atoms with Gasteiger partial charge in [0.2, 0.25) is 0 Å². The van der Waals surface area contributed by atoms with Gasteiger partial charge in [-0.25, -0.2) is 14.4 Å². The SMILES string of the molecule is Fc1ccc(C2(CNc3cc(N4CCCC4)ncn3)CCOCC2)cc1. The number of anilines is 2. The first kappa shape index (κ1) is 17.2. The summed E-state index contributed by atoms with van der Waals surface area (Å²) in [6.45, 7) is 4.32. The van der Waals surface area contributed by atoms with E-state index >= 15 is 0 Å². The van der Waals surface area contributed by atoms with E-state index < -0.39 is 0 Å². The lowest BCUT2D eigenvalue weighted by Gasteiger charge is -2.38. The number of ether oxygens (including phenoxy) is 1. The van der Waals surface area contributed by atoms with Crippen LogP contribution in [-0.2, 0) is 10.2 Å². The van der Waals surface area contributed by atoms with Crippen LogP contribution in [0.4, 0.5) is 16.0 Å². The average Bonchev–Trinajstić information content (AvgIpc) is 3.23. The van der Waals surface area contributed by atoms with Gasteiger partial charge in [-0.05, 0) is 43.4 Å². The number of nitrogens with zero attached hydrogens (tertiary/aromatic N) is 3. The minimum atomic E-state index is -0.199. The van der Waals surface area contributed by atoms with E-state index in [0.717, 1.165) is 62.9 Å². The summed E-state index contributed by atoms with van der Waals surface area (Å²) in [7, 11) is 0. The number of nitrogens with one attached hydrogen (secondary N) is 1. The Hall–Kier alpha value is -2.21. The summed E-state index contributed by atoms with van der Waals surface area (Å²) < 4.78 is 18.9. The number of hydrogen-bond donors (Lipinski definition) is 1. The minimum Gasteiger partial charge on any atom is -0.381 e. The first-order valence-electron chi connectivity index (χ1n) is 9.40. The fourth-order valence-electron chi connectivity index (χ4n) is 3.96. The predicted molar refractivity (Wildman–Crippen MR) is 100 cm³/mol. The van der Waals surface area contributed by atoms with Crippen molar-refractivity contribution in [3.8, 4) is 0 Å². The zero-order valence-corrected chi connectivity index (χ0v) is 15.0. The van der Waals surface area contributed by atoms with E-state index in [1.165, 1.54) is 12.8 Å². The number of benzene rings is 1. The topological polar surface area (TPSA) is 50.3 Å². The number of halogens is 1. The maximum Gasteiger partial charge on any atom is 0.134 e. The van der Waals surface area contributed by atoms with Crippen molar-refractivity contribution >= 4 is 11.6 Å². The summed E-state index contributed by atoms with van der Waals surface area (Å²) in [6.07, 6.45) is 5.90. The van der Waals surface area contributed by atoms with Gasteiger partial charge in [-0.2, -0.15) is 0 Å². The summed E-state index contributed by atoms with van der Waals surface area (Å²) in [5.74, 6) is 1.63. The summed E-state index contributed by atoms with van der Waals surface area (Å²) in [5, 5.41) is 3.51. The van der Waals surface area contributed by atoms with Crippen molar-refractivity contribution in [2.75, 3.05) is 43.1 Å². The van der Waals surface area contributed by atoms with Crippen LogP contribution in [0, 0.1) is 5.82 Å². The van der Waals surface area contributed by atoms with Crippen molar-refractivity contribution in [1.82, 2.24) is 9.97 Å². The lowest BCUT2D eigenvalue weighted by atomic mass is 9.74. The van der Waals surface area contributed by atoms with E-state index in [2.05, 4.69) is 20.2 Å². The third-order valence-electron chi connectivity index (χ3n) is 5.60. The third kappa shape index (κ3) is 3.65. The first-order valence-corrected chi connectivity index (χ1v) is 9.40. The van der Waals surface area contributed by atoms with E-state index in [9.17, 15) is 4.39 Å². The van der Waals surface area contributed by atoms with Gasteiger partial charge >= 0.3 is 0 Å². The van der Waals surface area contributed by atoms with Crippen molar-refractivity contribution in [3.63, 3.8) is 0 Å². The van der Waals surface area contributed by atoms with Crippen molar-refractivity contribution in [2.45, 2.75) is 31.1 Å². The monoisotopic (exact) mass is 356 g/mol. The quantitative estimate of drug-likeness (QED) is 0.890. The molecule has 0 spiro atoms. The molecule has 1 aromatic heterocycles. The van der Waals surface area contributed by atoms with Gasteiger partial charge in [0, 0.05) is 44.3 Å². The zero-order chi connectivity index (χ0) is 17.8. The van der Waals surface area contributed by atoms with Crippen LogP contribution in [0.25, 0.3) is 0 Å². The van der Waals surface area contributed by atoms with Crippen molar-refractivity contribution < 1.29 is 9.13 Å². The number of rotatable bonds is 5. The molecule has 0 aliphatic carbocycles. The van der Waals surface area contributed by atoms with Gasteiger partial charge in [0.25, 0.3) is 0 Å². The molecule has 2 aliphatic rings. The predicted octanol–water partition coefficient (Wildman–Crippen LogP) is 3.38. The Bertz CT molecular complexity index is 725. The van der Waals surface area contributed by atoms with Crippen LogP contribution in [0.2, 0.25) is 0 Å². The molecule has 138 valence electrons. The lowest BCUT2D eigenvalue weighted by molar-refractivity contribution is 0.0543. The van der Waals surface area contributed by atoms with E-state index in [4.69, 9.17) is 4.74 Å². The van der Waals surface area contributed by atoms with Crippen LogP contribution in [-0.4, -0.2) is 42.8 Å². The van der Waals surface area contributed by atoms with E-state index in [1.54, 1.807) is 18.5 Å². The maximum absolute atomic E-state index is 13.4. The Kier molecular flexibility index (Phi) is 5.02. The molecular formula is C20H25FN4O. The number of aromatic nitrogens is 2. The molecule has 2 fully saturated rings. The molecule has 26 heavy (non-hydrogen) atoms. The summed E-state index contributed by atoms with van der Waals surface area (Å²) >= 11 is 0. The number of hydrogen-bond acceptors (Lipinski definition) is 5. The summed E-state index contributed by atoms with van der Waals surface area (Å²) in [6, 6.07) is 8.92. The molecule has 0 unspecified atom stereocenters. The molecule has 0 amide bonds. The molecule has 0 saturated carbocycles. The van der Waals surface area contributed by atoms with Crippen molar-refractivity contribution in [1.29, 1.82) is 0 Å². The zero-order valence-electron chi connectivity index (χ0n) is 15.0. The Morgan fingerprint density at radius 2 is 1.81 bits per heavy atom. The molecule has 3 heterocycles. The minimum absolute atomic E-state index is 0.0648. The van der Waals surface area contributed by atoms with Crippen molar-refractivity contribution in [2.24, 2.45) is 0 Å². The van der Waals surface area contributed by atoms with E-state index in [-0.39, 0.29) is 11.2 Å². The highest BCUT2D eigenvalue weighted by Gasteiger charge is 2.34. The second kappa shape index (κ2) is 7.58. The van der Waals surface area contributed by atoms with Crippen LogP contribution >= 0.6 is 0 Å². The Labute approximate surface area is 153 Å². The van der Waals surface area contributed by atoms with Gasteiger partial charge in [0.1, 0.15) is 23.8 Å². The molecule has 0 radical (unpaired) electrons. The van der Waals surface area contributed by atoms with Gasteiger partial charge in [-0.3, -0.25) is 0 Å². The highest BCUT2D eigenvalue weighted by Crippen LogP contribution is 2.35. The van der Waals surface area contributed by atoms with Gasteiger partial charge in [0.05, 0.1) is 0 Å². The Morgan fingerprint density at radius 3 is 2.54 bits per heavy atom. The summed E-state index contributed by atoms with van der Waals surface area (Å²) in [5.41, 5.74) is 1.09. The molecule has 0 bridgehead atoms. The molecule has 4 rings (SSSR count). The largest absolute Gasteiger partial charge is 0.381 e. The molecule has 5 nitrogen and oxygen atoms in total. The molecular weight excluding hydrogens is 331 g/mol. The standard InChI is InChI=1S/C20H25FN4O/c21-17-5-3-16(4-6-17)20(7-11-26-12-8-20)14-22-18-13-19(24-15-23-18)25-9-1-2-10-25/h3-6,13,15H,1-2,7-12,14H2,(H,22,23,24). The highest BCUT2D eigenvalue weighted by atomic mass is 19.1. The summed E-state index contributed by atoms with van der Waals surface area (Å²) in [4.78, 5) is 11.1. The highest BCUT2D eigenvalue weighted by molar-refractivity contribution is 5.49.